The number of benzene rings is 2. The van der Waals surface area contributed by atoms with E-state index in [4.69, 9.17) is 0 Å². The molecule has 0 amide bonds. The van der Waals surface area contributed by atoms with E-state index in [1.165, 1.54) is 18.3 Å². The third kappa shape index (κ3) is 3.72. The standard InChI is InChI=1S/C18H15BrN4O4/c1-2-5-16-21-14-7-4-3-6-13(14)18(25)22(16)20-10-11-8-12(19)9-15(17(11)24)23(26)27/h3-4,6-10,24H,2,5H2,1H3. The maximum absolute atomic E-state index is 12.8. The molecule has 0 aliphatic heterocycles. The van der Waals surface area contributed by atoms with E-state index in [0.717, 1.165) is 11.1 Å². The Morgan fingerprint density at radius 3 is 2.81 bits per heavy atom. The number of phenols is 1. The van der Waals surface area contributed by atoms with Crippen LogP contribution in [-0.2, 0) is 6.42 Å². The Balaban J connectivity index is 2.17. The number of para-hydroxylation sites is 1. The molecule has 0 aliphatic rings. The Morgan fingerprint density at radius 2 is 2.11 bits per heavy atom. The van der Waals surface area contributed by atoms with Crippen molar-refractivity contribution in [2.24, 2.45) is 5.10 Å². The van der Waals surface area contributed by atoms with E-state index < -0.39 is 16.4 Å². The molecular formula is C18H15BrN4O4. The summed E-state index contributed by atoms with van der Waals surface area (Å²) in [5, 5.41) is 25.7. The molecule has 27 heavy (non-hydrogen) atoms. The zero-order valence-electron chi connectivity index (χ0n) is 14.3. The third-order valence-corrected chi connectivity index (χ3v) is 4.35. The lowest BCUT2D eigenvalue weighted by Gasteiger charge is -2.08. The highest BCUT2D eigenvalue weighted by atomic mass is 79.9. The number of hydrogen-bond donors (Lipinski definition) is 1. The molecule has 0 radical (unpaired) electrons. The molecule has 1 N–H and O–H groups in total. The molecule has 8 nitrogen and oxygen atoms in total. The summed E-state index contributed by atoms with van der Waals surface area (Å²) in [6, 6.07) is 9.63. The van der Waals surface area contributed by atoms with Crippen molar-refractivity contribution in [3.63, 3.8) is 0 Å². The molecule has 9 heteroatoms. The Morgan fingerprint density at radius 1 is 1.37 bits per heavy atom. The number of hydrogen-bond acceptors (Lipinski definition) is 6. The van der Waals surface area contributed by atoms with E-state index in [2.05, 4.69) is 26.0 Å². The molecule has 2 aromatic carbocycles. The number of phenolic OH excluding ortho intramolecular Hbond substituents is 1. The number of nitro benzene ring substituents is 1. The van der Waals surface area contributed by atoms with Crippen LogP contribution >= 0.6 is 15.9 Å². The zero-order valence-corrected chi connectivity index (χ0v) is 15.9. The first kappa shape index (κ1) is 18.7. The van der Waals surface area contributed by atoms with Crippen molar-refractivity contribution in [3.8, 4) is 5.75 Å². The van der Waals surface area contributed by atoms with Crippen LogP contribution in [0.4, 0.5) is 5.69 Å². The SMILES string of the molecule is CCCc1nc2ccccc2c(=O)n1N=Cc1cc(Br)cc([N+](=O)[O-])c1O. The molecule has 0 spiro atoms. The largest absolute Gasteiger partial charge is 0.502 e. The number of fused-ring (bicyclic) bond motifs is 1. The highest BCUT2D eigenvalue weighted by Crippen LogP contribution is 2.32. The molecule has 3 rings (SSSR count). The second kappa shape index (κ2) is 7.67. The van der Waals surface area contributed by atoms with Gasteiger partial charge in [0.2, 0.25) is 5.75 Å². The van der Waals surface area contributed by atoms with Gasteiger partial charge in [-0.1, -0.05) is 35.0 Å². The molecule has 138 valence electrons. The summed E-state index contributed by atoms with van der Waals surface area (Å²) in [5.41, 5.74) is -0.107. The van der Waals surface area contributed by atoms with Gasteiger partial charge in [-0.05, 0) is 24.6 Å². The van der Waals surface area contributed by atoms with Crippen LogP contribution in [0.3, 0.4) is 0 Å². The number of halogens is 1. The molecule has 0 aliphatic carbocycles. The van der Waals surface area contributed by atoms with E-state index in [-0.39, 0.29) is 11.1 Å². The highest BCUT2D eigenvalue weighted by molar-refractivity contribution is 9.10. The normalized spacial score (nSPS) is 11.3. The zero-order chi connectivity index (χ0) is 19.6. The van der Waals surface area contributed by atoms with Crippen molar-refractivity contribution in [3.05, 3.63) is 72.7 Å². The van der Waals surface area contributed by atoms with Gasteiger partial charge in [-0.2, -0.15) is 9.78 Å². The average molecular weight is 431 g/mol. The van der Waals surface area contributed by atoms with Crippen LogP contribution in [0.15, 0.2) is 50.8 Å². The number of nitrogens with zero attached hydrogens (tertiary/aromatic N) is 4. The summed E-state index contributed by atoms with van der Waals surface area (Å²) in [7, 11) is 0. The Labute approximate surface area is 162 Å². The van der Waals surface area contributed by atoms with Crippen molar-refractivity contribution in [1.29, 1.82) is 0 Å². The minimum Gasteiger partial charge on any atom is -0.502 e. The molecule has 0 unspecified atom stereocenters. The van der Waals surface area contributed by atoms with Crippen molar-refractivity contribution in [2.75, 3.05) is 0 Å². The smallest absolute Gasteiger partial charge is 0.312 e. The van der Waals surface area contributed by atoms with E-state index in [1.807, 2.05) is 6.92 Å². The van der Waals surface area contributed by atoms with Crippen LogP contribution in [0, 0.1) is 10.1 Å². The number of aryl methyl sites for hydroxylation is 1. The van der Waals surface area contributed by atoms with Gasteiger partial charge in [-0.3, -0.25) is 14.9 Å². The molecule has 0 fully saturated rings. The van der Waals surface area contributed by atoms with Gasteiger partial charge in [0.05, 0.1) is 22.0 Å². The van der Waals surface area contributed by atoms with Crippen LogP contribution in [0.25, 0.3) is 10.9 Å². The average Bonchev–Trinajstić information content (AvgIpc) is 2.64. The van der Waals surface area contributed by atoms with Gasteiger partial charge in [0, 0.05) is 22.5 Å². The molecule has 0 atom stereocenters. The highest BCUT2D eigenvalue weighted by Gasteiger charge is 2.18. The van der Waals surface area contributed by atoms with Crippen LogP contribution in [0.5, 0.6) is 5.75 Å². The van der Waals surface area contributed by atoms with Gasteiger partial charge < -0.3 is 5.11 Å². The van der Waals surface area contributed by atoms with E-state index in [9.17, 15) is 20.0 Å². The first-order chi connectivity index (χ1) is 12.9. The second-order valence-electron chi connectivity index (χ2n) is 5.78. The van der Waals surface area contributed by atoms with E-state index in [0.29, 0.717) is 27.6 Å². The summed E-state index contributed by atoms with van der Waals surface area (Å²) in [6.07, 6.45) is 2.50. The lowest BCUT2D eigenvalue weighted by molar-refractivity contribution is -0.385. The number of rotatable bonds is 5. The summed E-state index contributed by atoms with van der Waals surface area (Å²) in [6.45, 7) is 1.96. The number of aromatic nitrogens is 2. The molecule has 0 bridgehead atoms. The minimum absolute atomic E-state index is 0.110. The van der Waals surface area contributed by atoms with Gasteiger partial charge >= 0.3 is 5.69 Å². The van der Waals surface area contributed by atoms with Crippen molar-refractivity contribution >= 4 is 38.7 Å². The fourth-order valence-electron chi connectivity index (χ4n) is 2.64. The Bertz CT molecular complexity index is 1120. The Kier molecular flexibility index (Phi) is 5.31. The Hall–Kier alpha value is -3.07. The predicted octanol–water partition coefficient (Wildman–Crippen LogP) is 3.61. The van der Waals surface area contributed by atoms with Gasteiger partial charge in [0.15, 0.2) is 0 Å². The van der Waals surface area contributed by atoms with Crippen LogP contribution in [0.2, 0.25) is 0 Å². The lowest BCUT2D eigenvalue weighted by atomic mass is 10.2. The van der Waals surface area contributed by atoms with Crippen molar-refractivity contribution < 1.29 is 10.0 Å². The van der Waals surface area contributed by atoms with Crippen molar-refractivity contribution in [2.45, 2.75) is 19.8 Å². The molecule has 0 saturated heterocycles. The van der Waals surface area contributed by atoms with Crippen molar-refractivity contribution in [1.82, 2.24) is 9.66 Å². The van der Waals surface area contributed by atoms with Crippen LogP contribution in [-0.4, -0.2) is 25.9 Å². The molecule has 3 aromatic rings. The summed E-state index contributed by atoms with van der Waals surface area (Å²) in [4.78, 5) is 27.7. The van der Waals surface area contributed by atoms with Gasteiger partial charge in [-0.25, -0.2) is 4.98 Å². The van der Waals surface area contributed by atoms with Gasteiger partial charge in [-0.15, -0.1) is 0 Å². The minimum atomic E-state index is -0.691. The maximum Gasteiger partial charge on any atom is 0.312 e. The summed E-state index contributed by atoms with van der Waals surface area (Å²) in [5.74, 6) is -0.0489. The lowest BCUT2D eigenvalue weighted by Crippen LogP contribution is -2.22. The van der Waals surface area contributed by atoms with E-state index >= 15 is 0 Å². The number of aromatic hydroxyl groups is 1. The summed E-state index contributed by atoms with van der Waals surface area (Å²) >= 11 is 3.17. The monoisotopic (exact) mass is 430 g/mol. The summed E-state index contributed by atoms with van der Waals surface area (Å²) < 4.78 is 1.57. The fourth-order valence-corrected chi connectivity index (χ4v) is 3.10. The van der Waals surface area contributed by atoms with E-state index in [1.54, 1.807) is 24.3 Å². The molecule has 0 saturated carbocycles. The van der Waals surface area contributed by atoms with Gasteiger partial charge in [0.25, 0.3) is 5.56 Å². The number of nitro groups is 1. The molecule has 1 aromatic heterocycles. The first-order valence-electron chi connectivity index (χ1n) is 8.14. The molecular weight excluding hydrogens is 416 g/mol. The predicted molar refractivity (Wildman–Crippen MR) is 105 cm³/mol. The second-order valence-corrected chi connectivity index (χ2v) is 6.69. The van der Waals surface area contributed by atoms with Gasteiger partial charge in [0.1, 0.15) is 5.82 Å². The maximum atomic E-state index is 12.8. The van der Waals surface area contributed by atoms with Crippen LogP contribution in [0.1, 0.15) is 24.7 Å². The topological polar surface area (TPSA) is 111 Å². The third-order valence-electron chi connectivity index (χ3n) is 3.89. The van der Waals surface area contributed by atoms with Crippen LogP contribution < -0.4 is 5.56 Å². The molecule has 1 heterocycles. The first-order valence-corrected chi connectivity index (χ1v) is 8.93. The quantitative estimate of drug-likeness (QED) is 0.377. The fraction of sp³-hybridized carbons (Fsp3) is 0.167.